The maximum absolute atomic E-state index is 11.3. The van der Waals surface area contributed by atoms with Crippen LogP contribution >= 0.6 is 0 Å². The molecule has 0 fully saturated rings. The third kappa shape index (κ3) is 4.01. The van der Waals surface area contributed by atoms with Crippen LogP contribution in [0.1, 0.15) is 43.4 Å². The van der Waals surface area contributed by atoms with Gasteiger partial charge in [-0.2, -0.15) is 0 Å². The number of benzene rings is 4. The molecule has 3 heteroatoms. The number of hydrogen-bond donors (Lipinski definition) is 3. The van der Waals surface area contributed by atoms with Crippen molar-refractivity contribution < 1.29 is 10.2 Å². The highest BCUT2D eigenvalue weighted by atomic mass is 16.3. The van der Waals surface area contributed by atoms with Crippen LogP contribution in [0.3, 0.4) is 0 Å². The predicted octanol–water partition coefficient (Wildman–Crippen LogP) is 6.55. The van der Waals surface area contributed by atoms with Crippen LogP contribution in [0.5, 0.6) is 11.5 Å². The average molecular weight is 412 g/mol. The number of hydrogen-bond acceptors (Lipinski definition) is 3. The van der Waals surface area contributed by atoms with Crippen molar-refractivity contribution >= 4 is 10.8 Å². The summed E-state index contributed by atoms with van der Waals surface area (Å²) >= 11 is 0. The van der Waals surface area contributed by atoms with E-state index in [-0.39, 0.29) is 29.4 Å². The number of fused-ring (bicyclic) bond motifs is 1. The van der Waals surface area contributed by atoms with Gasteiger partial charge < -0.3 is 15.9 Å². The molecule has 3 nitrogen and oxygen atoms in total. The van der Waals surface area contributed by atoms with Gasteiger partial charge in [0.05, 0.1) is 0 Å². The van der Waals surface area contributed by atoms with Crippen molar-refractivity contribution in [2.75, 3.05) is 0 Å². The molecule has 0 aliphatic carbocycles. The van der Waals surface area contributed by atoms with Gasteiger partial charge in [0.2, 0.25) is 0 Å². The van der Waals surface area contributed by atoms with Gasteiger partial charge in [-0.25, -0.2) is 0 Å². The monoisotopic (exact) mass is 411 g/mol. The lowest BCUT2D eigenvalue weighted by molar-refractivity contribution is 0.348. The van der Waals surface area contributed by atoms with Crippen LogP contribution in [0.4, 0.5) is 0 Å². The molecule has 4 aromatic rings. The topological polar surface area (TPSA) is 66.5 Å². The van der Waals surface area contributed by atoms with Gasteiger partial charge in [0.25, 0.3) is 0 Å². The lowest BCUT2D eigenvalue weighted by Crippen LogP contribution is -2.21. The van der Waals surface area contributed by atoms with E-state index in [4.69, 9.17) is 5.73 Å². The van der Waals surface area contributed by atoms with Crippen molar-refractivity contribution in [1.29, 1.82) is 0 Å². The van der Waals surface area contributed by atoms with Crippen LogP contribution in [0.15, 0.2) is 78.9 Å². The molecule has 0 radical (unpaired) electrons. The first-order chi connectivity index (χ1) is 14.8. The minimum atomic E-state index is -0.152. The lowest BCUT2D eigenvalue weighted by atomic mass is 9.70. The Bertz CT molecular complexity index is 1210. The Hall–Kier alpha value is -3.30. The van der Waals surface area contributed by atoms with Gasteiger partial charge in [0, 0.05) is 23.6 Å². The van der Waals surface area contributed by atoms with E-state index in [0.29, 0.717) is 0 Å². The van der Waals surface area contributed by atoms with Crippen molar-refractivity contribution in [2.45, 2.75) is 33.2 Å². The Morgan fingerprint density at radius 3 is 2.13 bits per heavy atom. The first kappa shape index (κ1) is 21.0. The zero-order valence-electron chi connectivity index (χ0n) is 18.3. The number of phenolic OH excluding ortho intramolecular Hbond substituents is 2. The largest absolute Gasteiger partial charge is 0.508 e. The smallest absolute Gasteiger partial charge is 0.123 e. The fourth-order valence-electron chi connectivity index (χ4n) is 4.52. The highest BCUT2D eigenvalue weighted by Crippen LogP contribution is 2.47. The molecule has 4 rings (SSSR count). The minimum Gasteiger partial charge on any atom is -0.508 e. The zero-order valence-corrected chi connectivity index (χ0v) is 18.3. The summed E-state index contributed by atoms with van der Waals surface area (Å²) in [6.07, 6.45) is 0. The summed E-state index contributed by atoms with van der Waals surface area (Å²) in [4.78, 5) is 0. The molecule has 1 unspecified atom stereocenters. The van der Waals surface area contributed by atoms with E-state index < -0.39 is 0 Å². The number of rotatable bonds is 4. The van der Waals surface area contributed by atoms with Crippen LogP contribution in [0, 0.1) is 5.41 Å². The predicted molar refractivity (Wildman–Crippen MR) is 128 cm³/mol. The Morgan fingerprint density at radius 1 is 0.774 bits per heavy atom. The van der Waals surface area contributed by atoms with Gasteiger partial charge in [0.15, 0.2) is 0 Å². The molecule has 0 aliphatic rings. The van der Waals surface area contributed by atoms with E-state index in [0.717, 1.165) is 22.3 Å². The molecule has 0 heterocycles. The summed E-state index contributed by atoms with van der Waals surface area (Å²) in [5.74, 6) is 0.448. The van der Waals surface area contributed by atoms with E-state index in [1.807, 2.05) is 24.3 Å². The van der Waals surface area contributed by atoms with E-state index in [2.05, 4.69) is 63.2 Å². The molecule has 0 saturated heterocycles. The molecule has 4 aromatic carbocycles. The normalized spacial score (nSPS) is 12.8. The molecule has 0 aliphatic heterocycles. The van der Waals surface area contributed by atoms with Crippen molar-refractivity contribution in [3.05, 3.63) is 95.6 Å². The van der Waals surface area contributed by atoms with Crippen molar-refractivity contribution in [1.82, 2.24) is 0 Å². The third-order valence-corrected chi connectivity index (χ3v) is 5.95. The van der Waals surface area contributed by atoms with Crippen molar-refractivity contribution in [3.8, 4) is 22.6 Å². The molecule has 31 heavy (non-hydrogen) atoms. The first-order valence-corrected chi connectivity index (χ1v) is 10.6. The SMILES string of the molecule is CC(C)(C)C(c1cc(-c2ccc(O)cc2)cc(CN)c1O)c1cccc2ccccc12. The van der Waals surface area contributed by atoms with E-state index in [1.54, 1.807) is 12.1 Å². The van der Waals surface area contributed by atoms with E-state index in [1.165, 1.54) is 16.3 Å². The fourth-order valence-corrected chi connectivity index (χ4v) is 4.52. The molecule has 0 saturated carbocycles. The quantitative estimate of drug-likeness (QED) is 0.356. The Kier molecular flexibility index (Phi) is 5.47. The Labute approximate surface area is 183 Å². The van der Waals surface area contributed by atoms with Crippen LogP contribution < -0.4 is 5.73 Å². The summed E-state index contributed by atoms with van der Waals surface area (Å²) in [7, 11) is 0. The van der Waals surface area contributed by atoms with Gasteiger partial charge in [-0.15, -0.1) is 0 Å². The van der Waals surface area contributed by atoms with E-state index >= 15 is 0 Å². The molecule has 4 N–H and O–H groups in total. The van der Waals surface area contributed by atoms with Crippen molar-refractivity contribution in [3.63, 3.8) is 0 Å². The minimum absolute atomic E-state index is 0.0408. The number of nitrogens with two attached hydrogens (primary N) is 1. The van der Waals surface area contributed by atoms with E-state index in [9.17, 15) is 10.2 Å². The molecule has 1 atom stereocenters. The van der Waals surface area contributed by atoms with Gasteiger partial charge in [-0.05, 0) is 57.1 Å². The second-order valence-corrected chi connectivity index (χ2v) is 9.19. The van der Waals surface area contributed by atoms with Crippen molar-refractivity contribution in [2.24, 2.45) is 11.1 Å². The summed E-state index contributed by atoms with van der Waals surface area (Å²) in [6, 6.07) is 25.9. The maximum atomic E-state index is 11.3. The van der Waals surface area contributed by atoms with Crippen LogP contribution in [0.2, 0.25) is 0 Å². The molecule has 0 spiro atoms. The molecular weight excluding hydrogens is 382 g/mol. The van der Waals surface area contributed by atoms with Crippen LogP contribution in [-0.4, -0.2) is 10.2 Å². The van der Waals surface area contributed by atoms with Gasteiger partial charge >= 0.3 is 0 Å². The highest BCUT2D eigenvalue weighted by molar-refractivity contribution is 5.87. The average Bonchev–Trinajstić information content (AvgIpc) is 2.75. The molecule has 0 amide bonds. The van der Waals surface area contributed by atoms with Crippen LogP contribution in [0.25, 0.3) is 21.9 Å². The Morgan fingerprint density at radius 2 is 1.45 bits per heavy atom. The number of phenols is 2. The highest BCUT2D eigenvalue weighted by Gasteiger charge is 2.32. The summed E-state index contributed by atoms with van der Waals surface area (Å²) in [5, 5.41) is 23.3. The molecular formula is C28H29NO2. The molecule has 0 aromatic heterocycles. The second kappa shape index (κ2) is 8.09. The maximum Gasteiger partial charge on any atom is 0.123 e. The standard InChI is InChI=1S/C28H29NO2/c1-28(2,3)26(24-10-6-8-19-7-4-5-9-23(19)24)25-16-20(15-21(17-29)27(25)31)18-11-13-22(30)14-12-18/h4-16,26,30-31H,17,29H2,1-3H3. The molecule has 0 bridgehead atoms. The summed E-state index contributed by atoms with van der Waals surface area (Å²) in [5.41, 5.74) is 10.6. The van der Waals surface area contributed by atoms with Gasteiger partial charge in [0.1, 0.15) is 11.5 Å². The summed E-state index contributed by atoms with van der Waals surface area (Å²) in [6.45, 7) is 6.85. The molecule has 158 valence electrons. The zero-order chi connectivity index (χ0) is 22.2. The van der Waals surface area contributed by atoms with Gasteiger partial charge in [-0.3, -0.25) is 0 Å². The third-order valence-electron chi connectivity index (χ3n) is 5.95. The van der Waals surface area contributed by atoms with Gasteiger partial charge in [-0.1, -0.05) is 75.4 Å². The Balaban J connectivity index is 1.99. The summed E-state index contributed by atoms with van der Waals surface area (Å²) < 4.78 is 0. The van der Waals surface area contributed by atoms with Crippen LogP contribution in [-0.2, 0) is 6.54 Å². The second-order valence-electron chi connectivity index (χ2n) is 9.19. The lowest BCUT2D eigenvalue weighted by Gasteiger charge is -2.34. The fraction of sp³-hybridized carbons (Fsp3) is 0.214. The first-order valence-electron chi connectivity index (χ1n) is 10.6. The number of aromatic hydroxyl groups is 2.